The average Bonchev–Trinajstić information content (AvgIpc) is 2.64. The zero-order valence-electron chi connectivity index (χ0n) is 13.0. The number of nitrogen functional groups attached to an aromatic ring is 1. The lowest BCUT2D eigenvalue weighted by molar-refractivity contribution is 0.0921. The van der Waals surface area contributed by atoms with Gasteiger partial charge in [-0.1, -0.05) is 26.2 Å². The molecule has 21 heavy (non-hydrogen) atoms. The van der Waals surface area contributed by atoms with Gasteiger partial charge in [-0.05, 0) is 37.8 Å². The lowest BCUT2D eigenvalue weighted by Crippen LogP contribution is -2.38. The molecule has 0 heterocycles. The normalized spacial score (nSPS) is 22.4. The van der Waals surface area contributed by atoms with Gasteiger partial charge >= 0.3 is 0 Å². The maximum absolute atomic E-state index is 12.5. The number of anilines is 1. The molecule has 2 rings (SSSR count). The Morgan fingerprint density at radius 1 is 1.29 bits per heavy atom. The van der Waals surface area contributed by atoms with E-state index in [-0.39, 0.29) is 11.9 Å². The highest BCUT2D eigenvalue weighted by atomic mass is 16.5. The molecule has 1 fully saturated rings. The minimum Gasteiger partial charge on any atom is -0.494 e. The molecule has 2 atom stereocenters. The van der Waals surface area contributed by atoms with Crippen molar-refractivity contribution in [2.24, 2.45) is 5.92 Å². The van der Waals surface area contributed by atoms with Crippen molar-refractivity contribution < 1.29 is 9.53 Å². The van der Waals surface area contributed by atoms with Crippen LogP contribution >= 0.6 is 0 Å². The van der Waals surface area contributed by atoms with Crippen LogP contribution in [0, 0.1) is 5.92 Å². The van der Waals surface area contributed by atoms with E-state index in [9.17, 15) is 4.79 Å². The number of benzene rings is 1. The van der Waals surface area contributed by atoms with E-state index in [4.69, 9.17) is 10.5 Å². The summed E-state index contributed by atoms with van der Waals surface area (Å²) in [6.07, 6.45) is 5.97. The highest BCUT2D eigenvalue weighted by Gasteiger charge is 2.22. The summed E-state index contributed by atoms with van der Waals surface area (Å²) in [6, 6.07) is 5.47. The summed E-state index contributed by atoms with van der Waals surface area (Å²) in [5.74, 6) is 1.13. The van der Waals surface area contributed by atoms with Crippen molar-refractivity contribution in [1.82, 2.24) is 5.32 Å². The van der Waals surface area contributed by atoms with Crippen LogP contribution in [-0.2, 0) is 0 Å². The van der Waals surface area contributed by atoms with Gasteiger partial charge in [0.15, 0.2) is 0 Å². The molecule has 0 aromatic heterocycles. The molecular formula is C17H26N2O2. The zero-order chi connectivity index (χ0) is 15.2. The van der Waals surface area contributed by atoms with Crippen LogP contribution < -0.4 is 15.8 Å². The number of carbonyl (C=O) groups excluding carboxylic acids is 1. The van der Waals surface area contributed by atoms with Crippen molar-refractivity contribution in [3.8, 4) is 5.75 Å². The van der Waals surface area contributed by atoms with Crippen LogP contribution in [0.3, 0.4) is 0 Å². The summed E-state index contributed by atoms with van der Waals surface area (Å²) in [4.78, 5) is 12.5. The van der Waals surface area contributed by atoms with E-state index in [1.807, 2.05) is 6.92 Å². The van der Waals surface area contributed by atoms with Crippen LogP contribution in [0.25, 0.3) is 0 Å². The monoisotopic (exact) mass is 290 g/mol. The van der Waals surface area contributed by atoms with Gasteiger partial charge in [-0.25, -0.2) is 0 Å². The van der Waals surface area contributed by atoms with Gasteiger partial charge in [0, 0.05) is 23.4 Å². The first-order chi connectivity index (χ1) is 10.1. The van der Waals surface area contributed by atoms with Crippen molar-refractivity contribution in [3.63, 3.8) is 0 Å². The van der Waals surface area contributed by atoms with E-state index in [2.05, 4.69) is 12.2 Å². The van der Waals surface area contributed by atoms with Crippen molar-refractivity contribution >= 4 is 11.6 Å². The minimum atomic E-state index is -0.0537. The molecule has 0 bridgehead atoms. The lowest BCUT2D eigenvalue weighted by Gasteiger charge is -2.23. The lowest BCUT2D eigenvalue weighted by atomic mass is 9.96. The smallest absolute Gasteiger partial charge is 0.251 e. The Balaban J connectivity index is 2.08. The third kappa shape index (κ3) is 4.38. The van der Waals surface area contributed by atoms with Crippen LogP contribution in [0.1, 0.15) is 56.3 Å². The maximum atomic E-state index is 12.5. The fraction of sp³-hybridized carbons (Fsp3) is 0.588. The topological polar surface area (TPSA) is 64.3 Å². The fourth-order valence-electron chi connectivity index (χ4n) is 2.96. The number of amides is 1. The molecule has 1 saturated carbocycles. The number of nitrogens with one attached hydrogen (secondary N) is 1. The molecule has 1 amide bonds. The highest BCUT2D eigenvalue weighted by molar-refractivity contribution is 5.95. The van der Waals surface area contributed by atoms with Gasteiger partial charge in [-0.3, -0.25) is 4.79 Å². The van der Waals surface area contributed by atoms with E-state index in [0.29, 0.717) is 29.5 Å². The second kappa shape index (κ2) is 7.34. The third-order valence-corrected chi connectivity index (χ3v) is 4.18. The van der Waals surface area contributed by atoms with Gasteiger partial charge < -0.3 is 15.8 Å². The SMILES string of the molecule is CCOc1cc(N)cc(C(=O)NC2CCCCCC2C)c1. The quantitative estimate of drug-likeness (QED) is 0.660. The summed E-state index contributed by atoms with van der Waals surface area (Å²) in [5, 5.41) is 3.17. The van der Waals surface area contributed by atoms with Gasteiger partial charge in [0.25, 0.3) is 5.91 Å². The average molecular weight is 290 g/mol. The molecular weight excluding hydrogens is 264 g/mol. The summed E-state index contributed by atoms with van der Waals surface area (Å²) in [7, 11) is 0. The molecule has 116 valence electrons. The Kier molecular flexibility index (Phi) is 5.48. The highest BCUT2D eigenvalue weighted by Crippen LogP contribution is 2.24. The Morgan fingerprint density at radius 2 is 2.05 bits per heavy atom. The first kappa shape index (κ1) is 15.7. The number of rotatable bonds is 4. The van der Waals surface area contributed by atoms with Crippen molar-refractivity contribution in [2.45, 2.75) is 52.0 Å². The van der Waals surface area contributed by atoms with E-state index < -0.39 is 0 Å². The van der Waals surface area contributed by atoms with Gasteiger partial charge in [-0.15, -0.1) is 0 Å². The Bertz CT molecular complexity index is 488. The molecule has 0 radical (unpaired) electrons. The fourth-order valence-corrected chi connectivity index (χ4v) is 2.96. The molecule has 1 aliphatic carbocycles. The van der Waals surface area contributed by atoms with Gasteiger partial charge in [-0.2, -0.15) is 0 Å². The molecule has 1 aromatic rings. The number of carbonyl (C=O) groups is 1. The van der Waals surface area contributed by atoms with Crippen LogP contribution in [0.5, 0.6) is 5.75 Å². The van der Waals surface area contributed by atoms with E-state index in [0.717, 1.165) is 6.42 Å². The van der Waals surface area contributed by atoms with Gasteiger partial charge in [0.05, 0.1) is 6.61 Å². The number of nitrogens with two attached hydrogens (primary N) is 1. The predicted molar refractivity (Wildman–Crippen MR) is 85.5 cm³/mol. The first-order valence-corrected chi connectivity index (χ1v) is 7.94. The summed E-state index contributed by atoms with van der Waals surface area (Å²) < 4.78 is 5.45. The number of hydrogen-bond donors (Lipinski definition) is 2. The van der Waals surface area contributed by atoms with Crippen molar-refractivity contribution in [2.75, 3.05) is 12.3 Å². The summed E-state index contributed by atoms with van der Waals surface area (Å²) in [5.41, 5.74) is 6.99. The molecule has 4 heteroatoms. The number of hydrogen-bond acceptors (Lipinski definition) is 3. The Morgan fingerprint density at radius 3 is 2.81 bits per heavy atom. The van der Waals surface area contributed by atoms with Crippen molar-refractivity contribution in [3.05, 3.63) is 23.8 Å². The maximum Gasteiger partial charge on any atom is 0.251 e. The molecule has 1 aromatic carbocycles. The standard InChI is InChI=1S/C17H26N2O2/c1-3-21-15-10-13(9-14(18)11-15)17(20)19-16-8-6-4-5-7-12(16)2/h9-12,16H,3-8,18H2,1-2H3,(H,19,20). The second-order valence-corrected chi connectivity index (χ2v) is 5.92. The molecule has 3 N–H and O–H groups in total. The molecule has 2 unspecified atom stereocenters. The molecule has 0 spiro atoms. The molecule has 4 nitrogen and oxygen atoms in total. The van der Waals surface area contributed by atoms with Crippen LogP contribution in [-0.4, -0.2) is 18.6 Å². The first-order valence-electron chi connectivity index (χ1n) is 7.94. The van der Waals surface area contributed by atoms with Crippen LogP contribution in [0.15, 0.2) is 18.2 Å². The van der Waals surface area contributed by atoms with Gasteiger partial charge in [0.2, 0.25) is 0 Å². The number of ether oxygens (including phenoxy) is 1. The van der Waals surface area contributed by atoms with Crippen LogP contribution in [0.4, 0.5) is 5.69 Å². The van der Waals surface area contributed by atoms with E-state index in [1.165, 1.54) is 25.7 Å². The second-order valence-electron chi connectivity index (χ2n) is 5.92. The predicted octanol–water partition coefficient (Wildman–Crippen LogP) is 3.37. The van der Waals surface area contributed by atoms with E-state index in [1.54, 1.807) is 18.2 Å². The summed E-state index contributed by atoms with van der Waals surface area (Å²) >= 11 is 0. The van der Waals surface area contributed by atoms with Gasteiger partial charge in [0.1, 0.15) is 5.75 Å². The molecule has 0 saturated heterocycles. The Labute approximate surface area is 127 Å². The Hall–Kier alpha value is -1.71. The van der Waals surface area contributed by atoms with E-state index >= 15 is 0 Å². The molecule has 1 aliphatic rings. The van der Waals surface area contributed by atoms with Crippen LogP contribution in [0.2, 0.25) is 0 Å². The summed E-state index contributed by atoms with van der Waals surface area (Å²) in [6.45, 7) is 4.70. The third-order valence-electron chi connectivity index (χ3n) is 4.18. The largest absolute Gasteiger partial charge is 0.494 e. The zero-order valence-corrected chi connectivity index (χ0v) is 13.0. The van der Waals surface area contributed by atoms with Crippen molar-refractivity contribution in [1.29, 1.82) is 0 Å². The molecule has 0 aliphatic heterocycles. The minimum absolute atomic E-state index is 0.0537.